The molecule has 1 atom stereocenters. The van der Waals surface area contributed by atoms with E-state index in [4.69, 9.17) is 10.3 Å². The third-order valence-corrected chi connectivity index (χ3v) is 5.75. The van der Waals surface area contributed by atoms with Crippen molar-refractivity contribution < 1.29 is 9.09 Å². The molecule has 1 saturated heterocycles. The summed E-state index contributed by atoms with van der Waals surface area (Å²) in [5.41, 5.74) is 7.97. The first kappa shape index (κ1) is 19.2. The summed E-state index contributed by atoms with van der Waals surface area (Å²) in [6, 6.07) is 21.2. The minimum absolute atomic E-state index is 0.0275. The smallest absolute Gasteiger partial charge is 0.327 e. The number of unbranched alkanes of at least 4 members (excludes halogenated alkanes) is 1. The maximum atomic E-state index is 11.1. The summed E-state index contributed by atoms with van der Waals surface area (Å²) >= 11 is 0. The van der Waals surface area contributed by atoms with Crippen molar-refractivity contribution in [3.8, 4) is 0 Å². The Kier molecular flexibility index (Phi) is 6.93. The van der Waals surface area contributed by atoms with E-state index in [2.05, 4.69) is 53.4 Å². The summed E-state index contributed by atoms with van der Waals surface area (Å²) < 4.78 is 16.6. The Bertz CT molecular complexity index is 641. The van der Waals surface area contributed by atoms with Gasteiger partial charge in [-0.3, -0.25) is 9.42 Å². The molecule has 138 valence electrons. The number of hydrogen-bond donors (Lipinski definition) is 1. The molecule has 2 aromatic carbocycles. The van der Waals surface area contributed by atoms with Crippen LogP contribution in [0.15, 0.2) is 60.7 Å². The lowest BCUT2D eigenvalue weighted by Crippen LogP contribution is -2.54. The van der Waals surface area contributed by atoms with Crippen LogP contribution in [-0.2, 0) is 14.6 Å². The van der Waals surface area contributed by atoms with Crippen LogP contribution in [-0.4, -0.2) is 30.6 Å². The van der Waals surface area contributed by atoms with Gasteiger partial charge in [0.05, 0.1) is 11.6 Å². The van der Waals surface area contributed by atoms with Crippen LogP contribution in [0.4, 0.5) is 0 Å². The number of nitrogens with zero attached hydrogens (tertiary/aromatic N) is 1. The Morgan fingerprint density at radius 2 is 1.65 bits per heavy atom. The first-order valence-corrected chi connectivity index (χ1v) is 10.1. The van der Waals surface area contributed by atoms with Crippen LogP contribution in [0.5, 0.6) is 0 Å². The number of piperidine rings is 1. The van der Waals surface area contributed by atoms with Gasteiger partial charge in [-0.25, -0.2) is 4.57 Å². The molecule has 5 heteroatoms. The Morgan fingerprint density at radius 3 is 2.19 bits per heavy atom. The van der Waals surface area contributed by atoms with Crippen molar-refractivity contribution in [1.82, 2.24) is 4.90 Å². The zero-order chi connectivity index (χ0) is 18.2. The van der Waals surface area contributed by atoms with Crippen LogP contribution in [0.3, 0.4) is 0 Å². The van der Waals surface area contributed by atoms with Crippen LogP contribution in [0.25, 0.3) is 0 Å². The Labute approximate surface area is 157 Å². The summed E-state index contributed by atoms with van der Waals surface area (Å²) in [5, 5.41) is 0. The highest BCUT2D eigenvalue weighted by Gasteiger charge is 2.45. The number of hydrogen-bond acceptors (Lipinski definition) is 4. The van der Waals surface area contributed by atoms with Gasteiger partial charge >= 0.3 is 8.69 Å². The molecule has 1 aliphatic rings. The average Bonchev–Trinajstić information content (AvgIpc) is 2.70. The molecule has 26 heavy (non-hydrogen) atoms. The molecule has 1 unspecified atom stereocenters. The minimum atomic E-state index is -0.273. The lowest BCUT2D eigenvalue weighted by molar-refractivity contribution is 0.0120. The average molecular weight is 370 g/mol. The van der Waals surface area contributed by atoms with E-state index >= 15 is 0 Å². The molecule has 0 radical (unpaired) electrons. The van der Waals surface area contributed by atoms with Crippen molar-refractivity contribution in [3.63, 3.8) is 0 Å². The number of rotatable bonds is 8. The molecule has 0 spiro atoms. The van der Waals surface area contributed by atoms with E-state index in [1.54, 1.807) is 0 Å². The highest BCUT2D eigenvalue weighted by molar-refractivity contribution is 7.17. The minimum Gasteiger partial charge on any atom is -0.330 e. The molecule has 1 fully saturated rings. The maximum Gasteiger partial charge on any atom is 0.327 e. The zero-order valence-corrected chi connectivity index (χ0v) is 16.0. The monoisotopic (exact) mass is 370 g/mol. The fourth-order valence-corrected chi connectivity index (χ4v) is 4.45. The molecule has 2 aromatic rings. The predicted molar refractivity (Wildman–Crippen MR) is 105 cm³/mol. The van der Waals surface area contributed by atoms with E-state index in [1.807, 2.05) is 12.1 Å². The summed E-state index contributed by atoms with van der Waals surface area (Å²) in [7, 11) is -0.237. The second kappa shape index (κ2) is 9.38. The molecular weight excluding hydrogens is 343 g/mol. The van der Waals surface area contributed by atoms with Gasteiger partial charge in [0, 0.05) is 13.0 Å². The molecule has 2 N–H and O–H groups in total. The third kappa shape index (κ3) is 4.05. The van der Waals surface area contributed by atoms with Gasteiger partial charge in [0.15, 0.2) is 0 Å². The van der Waals surface area contributed by atoms with Gasteiger partial charge < -0.3 is 5.73 Å². The van der Waals surface area contributed by atoms with Crippen LogP contribution < -0.4 is 5.73 Å². The zero-order valence-electron chi connectivity index (χ0n) is 15.1. The van der Waals surface area contributed by atoms with Crippen LogP contribution in [0.2, 0.25) is 0 Å². The fourth-order valence-electron chi connectivity index (χ4n) is 4.15. The number of benzene rings is 2. The van der Waals surface area contributed by atoms with Crippen molar-refractivity contribution in [2.24, 2.45) is 5.73 Å². The molecule has 0 amide bonds. The summed E-state index contributed by atoms with van der Waals surface area (Å²) in [4.78, 5) is 2.56. The largest absolute Gasteiger partial charge is 0.330 e. The molecule has 3 rings (SSSR count). The summed E-state index contributed by atoms with van der Waals surface area (Å²) in [5.74, 6) is 0. The second-order valence-electron chi connectivity index (χ2n) is 6.87. The van der Waals surface area contributed by atoms with Gasteiger partial charge in [-0.15, -0.1) is 0 Å². The second-order valence-corrected chi connectivity index (χ2v) is 7.23. The van der Waals surface area contributed by atoms with E-state index in [0.29, 0.717) is 0 Å². The Hall–Kier alpha value is -1.58. The first-order valence-electron chi connectivity index (χ1n) is 9.36. The van der Waals surface area contributed by atoms with E-state index < -0.39 is 0 Å². The summed E-state index contributed by atoms with van der Waals surface area (Å²) in [6.07, 6.45) is 3.75. The maximum absolute atomic E-state index is 11.1. The fraction of sp³-hybridized carbons (Fsp3) is 0.429. The molecule has 1 heterocycles. The van der Waals surface area contributed by atoms with E-state index in [9.17, 15) is 4.57 Å². The van der Waals surface area contributed by atoms with Gasteiger partial charge in [0.1, 0.15) is 0 Å². The van der Waals surface area contributed by atoms with Gasteiger partial charge in [-0.05, 0) is 43.5 Å². The van der Waals surface area contributed by atoms with Gasteiger partial charge in [-0.1, -0.05) is 60.7 Å². The predicted octanol–water partition coefficient (Wildman–Crippen LogP) is 4.36. The van der Waals surface area contributed by atoms with Crippen molar-refractivity contribution in [2.75, 3.05) is 19.6 Å². The van der Waals surface area contributed by atoms with Gasteiger partial charge in [0.2, 0.25) is 0 Å². The molecule has 0 aromatic heterocycles. The first-order chi connectivity index (χ1) is 12.8. The van der Waals surface area contributed by atoms with Crippen molar-refractivity contribution in [1.29, 1.82) is 0 Å². The van der Waals surface area contributed by atoms with Crippen LogP contribution in [0, 0.1) is 0 Å². The van der Waals surface area contributed by atoms with E-state index in [-0.39, 0.29) is 20.3 Å². The highest BCUT2D eigenvalue weighted by Crippen LogP contribution is 2.44. The van der Waals surface area contributed by atoms with Gasteiger partial charge in [0.25, 0.3) is 0 Å². The normalized spacial score (nSPS) is 20.3. The van der Waals surface area contributed by atoms with Gasteiger partial charge in [-0.2, -0.15) is 0 Å². The molecule has 1 aliphatic heterocycles. The van der Waals surface area contributed by atoms with E-state index in [0.717, 1.165) is 45.3 Å². The quantitative estimate of drug-likeness (QED) is 0.554. The summed E-state index contributed by atoms with van der Waals surface area (Å²) in [6.45, 7) is 2.62. The molecule has 4 nitrogen and oxygen atoms in total. The Balaban J connectivity index is 2.06. The van der Waals surface area contributed by atoms with Crippen LogP contribution >= 0.6 is 8.69 Å². The van der Waals surface area contributed by atoms with Crippen molar-refractivity contribution in [2.45, 2.75) is 37.3 Å². The lowest BCUT2D eigenvalue weighted by atomic mass is 9.74. The number of likely N-dealkylation sites (tertiary alicyclic amines) is 1. The lowest BCUT2D eigenvalue weighted by Gasteiger charge is -2.50. The Morgan fingerprint density at radius 1 is 1.04 bits per heavy atom. The molecular formula is C21H27N2O2P. The third-order valence-electron chi connectivity index (χ3n) is 5.36. The number of nitrogens with two attached hydrogens (primary N) is 1. The van der Waals surface area contributed by atoms with Crippen molar-refractivity contribution >= 4 is 8.69 Å². The molecule has 0 saturated carbocycles. The molecule has 0 bridgehead atoms. The van der Waals surface area contributed by atoms with Crippen LogP contribution in [0.1, 0.15) is 36.8 Å². The van der Waals surface area contributed by atoms with E-state index in [1.165, 1.54) is 11.1 Å². The topological polar surface area (TPSA) is 55.6 Å². The van der Waals surface area contributed by atoms with Crippen molar-refractivity contribution in [3.05, 3.63) is 71.8 Å². The SMILES string of the molecule is NCCCCN1CCC(OP=O)CC1(c1ccccc1)c1ccccc1. The standard InChI is InChI=1S/C21H27N2O2P/c22-14-7-8-15-23-16-13-20(25-26-24)17-21(23,18-9-3-1-4-10-18)19-11-5-2-6-12-19/h1-6,9-12,20H,7-8,13-17,22H2. The highest BCUT2D eigenvalue weighted by atomic mass is 31.1. The molecule has 0 aliphatic carbocycles.